The number of nitrogens with one attached hydrogen (secondary N) is 1. The summed E-state index contributed by atoms with van der Waals surface area (Å²) in [5.41, 5.74) is 0.419. The second-order valence-electron chi connectivity index (χ2n) is 5.67. The molecule has 2 fully saturated rings. The first-order valence-corrected chi connectivity index (χ1v) is 8.70. The van der Waals surface area contributed by atoms with Crippen LogP contribution in [0, 0.1) is 0 Å². The van der Waals surface area contributed by atoms with E-state index in [1.807, 2.05) is 0 Å². The van der Waals surface area contributed by atoms with Gasteiger partial charge in [-0.2, -0.15) is 0 Å². The number of rotatable bonds is 4. The lowest BCUT2D eigenvalue weighted by Crippen LogP contribution is -2.61. The smallest absolute Gasteiger partial charge is 0.0309 e. The van der Waals surface area contributed by atoms with Crippen LogP contribution in [0.3, 0.4) is 0 Å². The molecule has 1 saturated heterocycles. The molecule has 1 atom stereocenters. The van der Waals surface area contributed by atoms with Crippen LogP contribution in [-0.4, -0.2) is 52.8 Å². The Hall–Kier alpha value is 0.0700. The molecule has 0 radical (unpaired) electrons. The molecule has 1 heterocycles. The zero-order valence-electron chi connectivity index (χ0n) is 11.0. The van der Waals surface area contributed by atoms with Crippen molar-refractivity contribution in [3.8, 4) is 0 Å². The minimum atomic E-state index is -0.625. The van der Waals surface area contributed by atoms with Gasteiger partial charge in [0, 0.05) is 48.0 Å². The van der Waals surface area contributed by atoms with E-state index in [-0.39, 0.29) is 0 Å². The van der Waals surface area contributed by atoms with Crippen molar-refractivity contribution in [1.29, 1.82) is 0 Å². The fourth-order valence-corrected chi connectivity index (χ4v) is 3.82. The highest BCUT2D eigenvalue weighted by Gasteiger charge is 2.35. The summed E-state index contributed by atoms with van der Waals surface area (Å²) in [4.78, 5) is 2.58. The molecule has 4 heteroatoms. The van der Waals surface area contributed by atoms with Crippen LogP contribution >= 0.6 is 0 Å². The molecule has 1 aliphatic heterocycles. The molecule has 2 rings (SSSR count). The Kier molecular flexibility index (Phi) is 5.00. The summed E-state index contributed by atoms with van der Waals surface area (Å²) >= 11 is 0. The average Bonchev–Trinajstić information content (AvgIpc) is 2.29. The molecule has 3 nitrogen and oxygen atoms in total. The van der Waals surface area contributed by atoms with E-state index in [4.69, 9.17) is 0 Å². The van der Waals surface area contributed by atoms with Crippen molar-refractivity contribution in [2.45, 2.75) is 44.1 Å². The largest absolute Gasteiger partial charge is 0.309 e. The van der Waals surface area contributed by atoms with Gasteiger partial charge in [-0.15, -0.1) is 0 Å². The molecule has 1 N–H and O–H groups in total. The normalized spacial score (nSPS) is 27.1. The summed E-state index contributed by atoms with van der Waals surface area (Å²) < 4.78 is 11.1. The molecular weight excluding hydrogens is 232 g/mol. The molecule has 1 saturated carbocycles. The van der Waals surface area contributed by atoms with Gasteiger partial charge in [0.15, 0.2) is 0 Å². The molecule has 100 valence electrons. The molecule has 0 amide bonds. The zero-order chi connectivity index (χ0) is 12.1. The van der Waals surface area contributed by atoms with Crippen LogP contribution in [0.15, 0.2) is 0 Å². The monoisotopic (exact) mass is 258 g/mol. The van der Waals surface area contributed by atoms with Crippen molar-refractivity contribution in [3.05, 3.63) is 0 Å². The second kappa shape index (κ2) is 6.30. The Morgan fingerprint density at radius 3 is 2.76 bits per heavy atom. The van der Waals surface area contributed by atoms with Crippen LogP contribution in [0.4, 0.5) is 0 Å². The molecule has 1 unspecified atom stereocenters. The van der Waals surface area contributed by atoms with Gasteiger partial charge in [-0.25, -0.2) is 0 Å². The van der Waals surface area contributed by atoms with E-state index in [1.165, 1.54) is 38.6 Å². The minimum Gasteiger partial charge on any atom is -0.309 e. The Bertz CT molecular complexity index is 259. The zero-order valence-corrected chi connectivity index (χ0v) is 11.9. The number of piperazine rings is 1. The third-order valence-electron chi connectivity index (χ3n) is 4.17. The summed E-state index contributed by atoms with van der Waals surface area (Å²) in [7, 11) is -0.625. The van der Waals surface area contributed by atoms with E-state index < -0.39 is 10.8 Å². The fourth-order valence-electron chi connectivity index (χ4n) is 3.29. The van der Waals surface area contributed by atoms with E-state index in [2.05, 4.69) is 10.2 Å². The SMILES string of the molecule is CS(=O)CCCN1CCNC2(CCCCC2)C1. The van der Waals surface area contributed by atoms with Crippen LogP contribution in [-0.2, 0) is 10.8 Å². The topological polar surface area (TPSA) is 32.3 Å². The maximum absolute atomic E-state index is 11.1. The highest BCUT2D eigenvalue weighted by atomic mass is 32.2. The molecule has 0 bridgehead atoms. The van der Waals surface area contributed by atoms with Gasteiger partial charge in [0.2, 0.25) is 0 Å². The maximum atomic E-state index is 11.1. The summed E-state index contributed by atoms with van der Waals surface area (Å²) in [5, 5.41) is 3.76. The van der Waals surface area contributed by atoms with Crippen LogP contribution < -0.4 is 5.32 Å². The first kappa shape index (κ1) is 13.5. The van der Waals surface area contributed by atoms with Crippen molar-refractivity contribution < 1.29 is 4.21 Å². The highest BCUT2D eigenvalue weighted by Crippen LogP contribution is 2.30. The predicted octanol–water partition coefficient (Wildman–Crippen LogP) is 1.36. The summed E-state index contributed by atoms with van der Waals surface area (Å²) in [5.74, 6) is 0.858. The van der Waals surface area contributed by atoms with Gasteiger partial charge in [0.1, 0.15) is 0 Å². The number of nitrogens with zero attached hydrogens (tertiary/aromatic N) is 1. The molecule has 0 aromatic carbocycles. The van der Waals surface area contributed by atoms with Crippen molar-refractivity contribution in [3.63, 3.8) is 0 Å². The van der Waals surface area contributed by atoms with E-state index in [1.54, 1.807) is 6.26 Å². The lowest BCUT2D eigenvalue weighted by Gasteiger charge is -2.46. The lowest BCUT2D eigenvalue weighted by molar-refractivity contribution is 0.0998. The van der Waals surface area contributed by atoms with Gasteiger partial charge < -0.3 is 10.2 Å². The molecule has 0 aromatic heterocycles. The van der Waals surface area contributed by atoms with Gasteiger partial charge in [-0.05, 0) is 25.8 Å². The number of hydrogen-bond donors (Lipinski definition) is 1. The first-order chi connectivity index (χ1) is 8.20. The van der Waals surface area contributed by atoms with Crippen LogP contribution in [0.25, 0.3) is 0 Å². The summed E-state index contributed by atoms with van der Waals surface area (Å²) in [6.45, 7) is 4.64. The third-order valence-corrected chi connectivity index (χ3v) is 5.03. The highest BCUT2D eigenvalue weighted by molar-refractivity contribution is 7.84. The number of hydrogen-bond acceptors (Lipinski definition) is 3. The Morgan fingerprint density at radius 1 is 1.29 bits per heavy atom. The van der Waals surface area contributed by atoms with Crippen LogP contribution in [0.1, 0.15) is 38.5 Å². The quantitative estimate of drug-likeness (QED) is 0.826. The van der Waals surface area contributed by atoms with Crippen molar-refractivity contribution in [2.24, 2.45) is 0 Å². The van der Waals surface area contributed by atoms with E-state index in [0.29, 0.717) is 5.54 Å². The fraction of sp³-hybridized carbons (Fsp3) is 1.00. The second-order valence-corrected chi connectivity index (χ2v) is 7.23. The summed E-state index contributed by atoms with van der Waals surface area (Å²) in [6.07, 6.45) is 9.78. The van der Waals surface area contributed by atoms with Crippen molar-refractivity contribution in [2.75, 3.05) is 38.2 Å². The summed E-state index contributed by atoms with van der Waals surface area (Å²) in [6, 6.07) is 0. The maximum Gasteiger partial charge on any atom is 0.0309 e. The molecule has 1 aliphatic carbocycles. The van der Waals surface area contributed by atoms with Crippen molar-refractivity contribution in [1.82, 2.24) is 10.2 Å². The van der Waals surface area contributed by atoms with Gasteiger partial charge in [-0.3, -0.25) is 4.21 Å². The van der Waals surface area contributed by atoms with Crippen molar-refractivity contribution >= 4 is 10.8 Å². The Labute approximate surface area is 108 Å². The van der Waals surface area contributed by atoms with Crippen LogP contribution in [0.2, 0.25) is 0 Å². The van der Waals surface area contributed by atoms with Gasteiger partial charge in [0.05, 0.1) is 0 Å². The van der Waals surface area contributed by atoms with E-state index in [0.717, 1.165) is 31.8 Å². The van der Waals surface area contributed by atoms with Gasteiger partial charge >= 0.3 is 0 Å². The van der Waals surface area contributed by atoms with Gasteiger partial charge in [-0.1, -0.05) is 19.3 Å². The molecule has 17 heavy (non-hydrogen) atoms. The van der Waals surface area contributed by atoms with E-state index in [9.17, 15) is 4.21 Å². The molecule has 0 aromatic rings. The third kappa shape index (κ3) is 4.04. The Balaban J connectivity index is 1.77. The molecule has 1 spiro atoms. The average molecular weight is 258 g/mol. The standard InChI is InChI=1S/C13H26N2OS/c1-17(16)11-5-9-15-10-8-14-13(12-15)6-3-2-4-7-13/h14H,2-12H2,1H3. The molecular formula is C13H26N2OS. The van der Waals surface area contributed by atoms with E-state index >= 15 is 0 Å². The van der Waals surface area contributed by atoms with Gasteiger partial charge in [0.25, 0.3) is 0 Å². The Morgan fingerprint density at radius 2 is 2.06 bits per heavy atom. The minimum absolute atomic E-state index is 0.419. The van der Waals surface area contributed by atoms with Crippen LogP contribution in [0.5, 0.6) is 0 Å². The first-order valence-electron chi connectivity index (χ1n) is 6.98. The predicted molar refractivity (Wildman–Crippen MR) is 73.8 cm³/mol. The molecule has 2 aliphatic rings. The lowest BCUT2D eigenvalue weighted by atomic mass is 9.80.